The zero-order valence-corrected chi connectivity index (χ0v) is 11.7. The lowest BCUT2D eigenvalue weighted by molar-refractivity contribution is -0.133. The summed E-state index contributed by atoms with van der Waals surface area (Å²) < 4.78 is 29.9. The first-order chi connectivity index (χ1) is 9.47. The van der Waals surface area contributed by atoms with Crippen LogP contribution in [0.5, 0.6) is 5.75 Å². The summed E-state index contributed by atoms with van der Waals surface area (Å²) in [7, 11) is 1.45. The standard InChI is InChI=1S/C13H16ClF2NO3/c1-20-11-3-2-10(14)6-9(11)7-13(19)17(4-5-18)8-12(15)16/h2-3,6,12,18H,4-5,7-8H2,1H3. The van der Waals surface area contributed by atoms with Gasteiger partial charge in [-0.1, -0.05) is 11.6 Å². The molecule has 0 spiro atoms. The third-order valence-corrected chi connectivity index (χ3v) is 2.90. The first-order valence-electron chi connectivity index (χ1n) is 5.97. The maximum Gasteiger partial charge on any atom is 0.255 e. The van der Waals surface area contributed by atoms with Gasteiger partial charge in [-0.05, 0) is 18.2 Å². The van der Waals surface area contributed by atoms with E-state index in [-0.39, 0.29) is 19.6 Å². The quantitative estimate of drug-likeness (QED) is 0.838. The van der Waals surface area contributed by atoms with Crippen LogP contribution in [-0.2, 0) is 11.2 Å². The van der Waals surface area contributed by atoms with Crippen molar-refractivity contribution in [2.24, 2.45) is 0 Å². The van der Waals surface area contributed by atoms with Crippen molar-refractivity contribution in [3.63, 3.8) is 0 Å². The maximum atomic E-state index is 12.4. The molecule has 0 saturated heterocycles. The molecule has 112 valence electrons. The molecule has 20 heavy (non-hydrogen) atoms. The molecule has 1 N–H and O–H groups in total. The summed E-state index contributed by atoms with van der Waals surface area (Å²) in [5, 5.41) is 9.25. The number of aliphatic hydroxyl groups excluding tert-OH is 1. The fourth-order valence-electron chi connectivity index (χ4n) is 1.77. The van der Waals surface area contributed by atoms with Gasteiger partial charge in [-0.25, -0.2) is 8.78 Å². The molecule has 0 aliphatic rings. The number of amides is 1. The van der Waals surface area contributed by atoms with Gasteiger partial charge in [-0.2, -0.15) is 0 Å². The SMILES string of the molecule is COc1ccc(Cl)cc1CC(=O)N(CCO)CC(F)F. The number of carbonyl (C=O) groups is 1. The number of methoxy groups -OCH3 is 1. The second-order valence-electron chi connectivity index (χ2n) is 4.09. The Bertz CT molecular complexity index is 457. The maximum absolute atomic E-state index is 12.4. The molecule has 0 unspecified atom stereocenters. The average Bonchev–Trinajstić information content (AvgIpc) is 2.38. The summed E-state index contributed by atoms with van der Waals surface area (Å²) in [6.07, 6.45) is -2.76. The monoisotopic (exact) mass is 307 g/mol. The molecule has 0 radical (unpaired) electrons. The molecule has 0 atom stereocenters. The van der Waals surface area contributed by atoms with Crippen LogP contribution in [0.2, 0.25) is 5.02 Å². The number of nitrogens with zero attached hydrogens (tertiary/aromatic N) is 1. The van der Waals surface area contributed by atoms with E-state index in [4.69, 9.17) is 21.4 Å². The Kier molecular flexibility index (Phi) is 6.67. The zero-order valence-electron chi connectivity index (χ0n) is 11.0. The molecule has 0 fully saturated rings. The molecule has 0 bridgehead atoms. The first-order valence-corrected chi connectivity index (χ1v) is 6.35. The molecular weight excluding hydrogens is 292 g/mol. The van der Waals surface area contributed by atoms with Gasteiger partial charge in [0.05, 0.1) is 26.7 Å². The van der Waals surface area contributed by atoms with Gasteiger partial charge in [-0.3, -0.25) is 4.79 Å². The van der Waals surface area contributed by atoms with Gasteiger partial charge in [0.2, 0.25) is 5.91 Å². The van der Waals surface area contributed by atoms with Gasteiger partial charge in [0, 0.05) is 17.1 Å². The minimum absolute atomic E-state index is 0.115. The number of rotatable bonds is 7. The van der Waals surface area contributed by atoms with E-state index in [1.54, 1.807) is 18.2 Å². The fraction of sp³-hybridized carbons (Fsp3) is 0.462. The number of hydrogen-bond acceptors (Lipinski definition) is 3. The Morgan fingerprint density at radius 2 is 2.20 bits per heavy atom. The molecule has 1 rings (SSSR count). The number of halogens is 3. The van der Waals surface area contributed by atoms with E-state index in [2.05, 4.69) is 0 Å². The molecule has 0 heterocycles. The van der Waals surface area contributed by atoms with Crippen molar-refractivity contribution in [3.05, 3.63) is 28.8 Å². The van der Waals surface area contributed by atoms with Crippen molar-refractivity contribution in [3.8, 4) is 5.75 Å². The number of alkyl halides is 2. The zero-order chi connectivity index (χ0) is 15.1. The molecule has 0 aliphatic carbocycles. The second-order valence-corrected chi connectivity index (χ2v) is 4.52. The Balaban J connectivity index is 2.84. The summed E-state index contributed by atoms with van der Waals surface area (Å²) in [5.41, 5.74) is 0.516. The van der Waals surface area contributed by atoms with Gasteiger partial charge >= 0.3 is 0 Å². The van der Waals surface area contributed by atoms with Crippen molar-refractivity contribution in [2.45, 2.75) is 12.8 Å². The van der Waals surface area contributed by atoms with Gasteiger partial charge in [0.15, 0.2) is 0 Å². The fourth-order valence-corrected chi connectivity index (χ4v) is 1.96. The van der Waals surface area contributed by atoms with E-state index in [0.717, 1.165) is 4.90 Å². The summed E-state index contributed by atoms with van der Waals surface area (Å²) in [6.45, 7) is -1.21. The molecule has 1 aromatic rings. The van der Waals surface area contributed by atoms with E-state index in [1.165, 1.54) is 7.11 Å². The predicted molar refractivity (Wildman–Crippen MR) is 71.4 cm³/mol. The van der Waals surface area contributed by atoms with Crippen molar-refractivity contribution < 1.29 is 23.4 Å². The summed E-state index contributed by atoms with van der Waals surface area (Å²) in [4.78, 5) is 12.9. The molecule has 0 saturated carbocycles. The minimum atomic E-state index is -2.65. The van der Waals surface area contributed by atoms with E-state index in [0.29, 0.717) is 16.3 Å². The molecule has 1 amide bonds. The highest BCUT2D eigenvalue weighted by atomic mass is 35.5. The molecule has 1 aromatic carbocycles. The molecule has 7 heteroatoms. The van der Waals surface area contributed by atoms with Crippen LogP contribution in [0, 0.1) is 0 Å². The highest BCUT2D eigenvalue weighted by Crippen LogP contribution is 2.23. The third kappa shape index (κ3) is 4.94. The largest absolute Gasteiger partial charge is 0.496 e. The van der Waals surface area contributed by atoms with Crippen molar-refractivity contribution >= 4 is 17.5 Å². The van der Waals surface area contributed by atoms with Crippen LogP contribution >= 0.6 is 11.6 Å². The lowest BCUT2D eigenvalue weighted by Gasteiger charge is -2.21. The Morgan fingerprint density at radius 3 is 2.75 bits per heavy atom. The number of benzene rings is 1. The van der Waals surface area contributed by atoms with E-state index in [1.807, 2.05) is 0 Å². The Morgan fingerprint density at radius 1 is 1.50 bits per heavy atom. The van der Waals surface area contributed by atoms with E-state index < -0.39 is 18.9 Å². The molecule has 0 aliphatic heterocycles. The number of hydrogen-bond donors (Lipinski definition) is 1. The van der Waals surface area contributed by atoms with Gasteiger partial charge < -0.3 is 14.7 Å². The minimum Gasteiger partial charge on any atom is -0.496 e. The number of ether oxygens (including phenoxy) is 1. The highest BCUT2D eigenvalue weighted by Gasteiger charge is 2.19. The van der Waals surface area contributed by atoms with Crippen LogP contribution in [0.1, 0.15) is 5.56 Å². The van der Waals surface area contributed by atoms with Crippen molar-refractivity contribution in [1.29, 1.82) is 0 Å². The molecule has 4 nitrogen and oxygen atoms in total. The average molecular weight is 308 g/mol. The lowest BCUT2D eigenvalue weighted by Crippen LogP contribution is -2.38. The van der Waals surface area contributed by atoms with Crippen LogP contribution in [-0.4, -0.2) is 49.1 Å². The lowest BCUT2D eigenvalue weighted by atomic mass is 10.1. The normalized spacial score (nSPS) is 10.7. The third-order valence-electron chi connectivity index (χ3n) is 2.67. The van der Waals surface area contributed by atoms with E-state index >= 15 is 0 Å². The van der Waals surface area contributed by atoms with Crippen molar-refractivity contribution in [2.75, 3.05) is 26.8 Å². The van der Waals surface area contributed by atoms with Crippen LogP contribution < -0.4 is 4.74 Å². The first kappa shape index (κ1) is 16.7. The van der Waals surface area contributed by atoms with Gasteiger partial charge in [0.1, 0.15) is 5.75 Å². The number of aliphatic hydroxyl groups is 1. The van der Waals surface area contributed by atoms with Crippen molar-refractivity contribution in [1.82, 2.24) is 4.90 Å². The predicted octanol–water partition coefficient (Wildman–Crippen LogP) is 1.98. The highest BCUT2D eigenvalue weighted by molar-refractivity contribution is 6.30. The topological polar surface area (TPSA) is 49.8 Å². The second kappa shape index (κ2) is 8.01. The smallest absolute Gasteiger partial charge is 0.255 e. The Hall–Kier alpha value is -1.40. The van der Waals surface area contributed by atoms with Crippen LogP contribution in [0.3, 0.4) is 0 Å². The molecular formula is C13H16ClF2NO3. The summed E-state index contributed by atoms with van der Waals surface area (Å²) in [6, 6.07) is 4.77. The van der Waals surface area contributed by atoms with Crippen LogP contribution in [0.25, 0.3) is 0 Å². The van der Waals surface area contributed by atoms with Gasteiger partial charge in [-0.15, -0.1) is 0 Å². The Labute approximate surface area is 120 Å². The van der Waals surface area contributed by atoms with Gasteiger partial charge in [0.25, 0.3) is 6.43 Å². The summed E-state index contributed by atoms with van der Waals surface area (Å²) in [5.74, 6) is -0.0522. The van der Waals surface area contributed by atoms with Crippen LogP contribution in [0.4, 0.5) is 8.78 Å². The number of carbonyl (C=O) groups excluding carboxylic acids is 1. The summed E-state index contributed by atoms with van der Waals surface area (Å²) >= 11 is 5.84. The van der Waals surface area contributed by atoms with E-state index in [9.17, 15) is 13.6 Å². The molecule has 0 aromatic heterocycles. The van der Waals surface area contributed by atoms with Crippen LogP contribution in [0.15, 0.2) is 18.2 Å².